The zero-order valence-corrected chi connectivity index (χ0v) is 14.1. The molecule has 1 aliphatic rings. The van der Waals surface area contributed by atoms with Crippen molar-refractivity contribution in [3.05, 3.63) is 34.5 Å². The van der Waals surface area contributed by atoms with E-state index in [-0.39, 0.29) is 18.2 Å². The van der Waals surface area contributed by atoms with Crippen molar-refractivity contribution in [2.75, 3.05) is 19.7 Å². The summed E-state index contributed by atoms with van der Waals surface area (Å²) in [6.07, 6.45) is 2.27. The van der Waals surface area contributed by atoms with E-state index in [4.69, 9.17) is 4.74 Å². The largest absolute Gasteiger partial charge is 0.366 e. The Labute approximate surface area is 139 Å². The Bertz CT molecular complexity index is 642. The van der Waals surface area contributed by atoms with Crippen LogP contribution in [0, 0.1) is 0 Å². The molecule has 1 saturated heterocycles. The van der Waals surface area contributed by atoms with Crippen LogP contribution in [0.1, 0.15) is 36.2 Å². The van der Waals surface area contributed by atoms with Crippen LogP contribution in [0.2, 0.25) is 0 Å². The Hall–Kier alpha value is -1.93. The maximum atomic E-state index is 12.6. The maximum absolute atomic E-state index is 12.6. The number of hydrogen-bond donors (Lipinski definition) is 1. The van der Waals surface area contributed by atoms with E-state index in [2.05, 4.69) is 28.5 Å². The zero-order valence-electron chi connectivity index (χ0n) is 13.3. The predicted octanol–water partition coefficient (Wildman–Crippen LogP) is 2.11. The third-order valence-electron chi connectivity index (χ3n) is 3.98. The van der Waals surface area contributed by atoms with Gasteiger partial charge in [0.15, 0.2) is 5.82 Å². The molecule has 0 aromatic carbocycles. The Morgan fingerprint density at radius 3 is 3.13 bits per heavy atom. The number of ether oxygens (including phenoxy) is 1. The van der Waals surface area contributed by atoms with Gasteiger partial charge >= 0.3 is 6.03 Å². The fraction of sp³-hybridized carbons (Fsp3) is 0.533. The summed E-state index contributed by atoms with van der Waals surface area (Å²) in [5.74, 6) is 0.743. The molecule has 0 radical (unpaired) electrons. The number of amides is 2. The summed E-state index contributed by atoms with van der Waals surface area (Å²) in [6.45, 7) is 3.65. The predicted molar refractivity (Wildman–Crippen MR) is 87.2 cm³/mol. The number of carbonyl (C=O) groups is 1. The average Bonchev–Trinajstić information content (AvgIpc) is 3.24. The van der Waals surface area contributed by atoms with E-state index in [0.717, 1.165) is 12.2 Å². The summed E-state index contributed by atoms with van der Waals surface area (Å²) < 4.78 is 7.57. The highest BCUT2D eigenvalue weighted by molar-refractivity contribution is 7.10. The maximum Gasteiger partial charge on any atom is 0.318 e. The number of thiophene rings is 1. The highest BCUT2D eigenvalue weighted by Crippen LogP contribution is 2.23. The number of morpholine rings is 1. The molecule has 23 heavy (non-hydrogen) atoms. The topological polar surface area (TPSA) is 72.3 Å². The molecule has 0 bridgehead atoms. The lowest BCUT2D eigenvalue weighted by Crippen LogP contribution is -2.48. The number of rotatable bonds is 4. The fourth-order valence-electron chi connectivity index (χ4n) is 2.68. The van der Waals surface area contributed by atoms with Crippen molar-refractivity contribution in [1.82, 2.24) is 25.0 Å². The van der Waals surface area contributed by atoms with Gasteiger partial charge in [-0.3, -0.25) is 0 Å². The molecule has 1 fully saturated rings. The van der Waals surface area contributed by atoms with Crippen LogP contribution in [0.4, 0.5) is 4.79 Å². The van der Waals surface area contributed by atoms with Crippen LogP contribution >= 0.6 is 11.3 Å². The van der Waals surface area contributed by atoms with Crippen molar-refractivity contribution in [3.8, 4) is 0 Å². The summed E-state index contributed by atoms with van der Waals surface area (Å²) in [6, 6.07) is 4.06. The SMILES string of the molecule is CC[C@@H](NC(=O)N1CCO[C@@H](c2nncn2C)C1)c1cccs1. The molecule has 1 N–H and O–H groups in total. The van der Waals surface area contributed by atoms with Gasteiger partial charge < -0.3 is 19.5 Å². The quantitative estimate of drug-likeness (QED) is 0.929. The smallest absolute Gasteiger partial charge is 0.318 e. The molecule has 0 aliphatic carbocycles. The van der Waals surface area contributed by atoms with Crippen molar-refractivity contribution in [2.24, 2.45) is 7.05 Å². The molecule has 0 spiro atoms. The lowest BCUT2D eigenvalue weighted by molar-refractivity contribution is -0.0217. The minimum absolute atomic E-state index is 0.0543. The van der Waals surface area contributed by atoms with Crippen LogP contribution in [0.15, 0.2) is 23.8 Å². The molecular weight excluding hydrogens is 314 g/mol. The van der Waals surface area contributed by atoms with Gasteiger partial charge in [0, 0.05) is 18.5 Å². The molecule has 2 aromatic rings. The van der Waals surface area contributed by atoms with Gasteiger partial charge in [0.2, 0.25) is 0 Å². The van der Waals surface area contributed by atoms with Crippen LogP contribution in [0.25, 0.3) is 0 Å². The van der Waals surface area contributed by atoms with Gasteiger partial charge in [-0.2, -0.15) is 0 Å². The Kier molecular flexibility index (Phi) is 4.92. The van der Waals surface area contributed by atoms with Crippen LogP contribution < -0.4 is 5.32 Å². The monoisotopic (exact) mass is 335 g/mol. The van der Waals surface area contributed by atoms with E-state index >= 15 is 0 Å². The number of nitrogens with zero attached hydrogens (tertiary/aromatic N) is 4. The normalized spacial score (nSPS) is 19.6. The minimum Gasteiger partial charge on any atom is -0.366 e. The Morgan fingerprint density at radius 2 is 2.48 bits per heavy atom. The highest BCUT2D eigenvalue weighted by Gasteiger charge is 2.29. The molecule has 2 aromatic heterocycles. The molecule has 0 saturated carbocycles. The van der Waals surface area contributed by atoms with Crippen molar-refractivity contribution >= 4 is 17.4 Å². The van der Waals surface area contributed by atoms with Crippen LogP contribution in [0.5, 0.6) is 0 Å². The third-order valence-corrected chi connectivity index (χ3v) is 4.97. The van der Waals surface area contributed by atoms with Gasteiger partial charge in [-0.05, 0) is 17.9 Å². The van der Waals surface area contributed by atoms with Crippen molar-refractivity contribution in [2.45, 2.75) is 25.5 Å². The first-order chi connectivity index (χ1) is 11.2. The second kappa shape index (κ2) is 7.10. The number of carbonyl (C=O) groups excluding carboxylic acids is 1. The molecule has 0 unspecified atom stereocenters. The molecule has 124 valence electrons. The molecule has 3 rings (SSSR count). The van der Waals surface area contributed by atoms with Crippen molar-refractivity contribution in [3.63, 3.8) is 0 Å². The van der Waals surface area contributed by atoms with Gasteiger partial charge in [-0.1, -0.05) is 13.0 Å². The van der Waals surface area contributed by atoms with Gasteiger partial charge in [-0.25, -0.2) is 4.79 Å². The van der Waals surface area contributed by atoms with E-state index in [1.807, 2.05) is 23.1 Å². The van der Waals surface area contributed by atoms with Crippen molar-refractivity contribution in [1.29, 1.82) is 0 Å². The number of nitrogens with one attached hydrogen (secondary N) is 1. The lowest BCUT2D eigenvalue weighted by Gasteiger charge is -2.33. The van der Waals surface area contributed by atoms with Gasteiger partial charge in [0.1, 0.15) is 12.4 Å². The number of urea groups is 1. The number of aryl methyl sites for hydroxylation is 1. The minimum atomic E-state index is -0.233. The molecule has 1 aliphatic heterocycles. The first-order valence-electron chi connectivity index (χ1n) is 7.73. The second-order valence-electron chi connectivity index (χ2n) is 5.53. The second-order valence-corrected chi connectivity index (χ2v) is 6.51. The molecule has 7 nitrogen and oxygen atoms in total. The van der Waals surface area contributed by atoms with Crippen LogP contribution in [-0.4, -0.2) is 45.4 Å². The Balaban J connectivity index is 1.64. The third kappa shape index (κ3) is 3.53. The highest BCUT2D eigenvalue weighted by atomic mass is 32.1. The van der Waals surface area contributed by atoms with E-state index in [0.29, 0.717) is 19.7 Å². The van der Waals surface area contributed by atoms with Crippen LogP contribution in [-0.2, 0) is 11.8 Å². The lowest BCUT2D eigenvalue weighted by atomic mass is 10.2. The van der Waals surface area contributed by atoms with E-state index in [1.54, 1.807) is 22.6 Å². The first-order valence-corrected chi connectivity index (χ1v) is 8.61. The summed E-state index contributed by atoms with van der Waals surface area (Å²) in [5.41, 5.74) is 0. The summed E-state index contributed by atoms with van der Waals surface area (Å²) in [4.78, 5) is 15.6. The summed E-state index contributed by atoms with van der Waals surface area (Å²) in [5, 5.41) is 13.1. The zero-order chi connectivity index (χ0) is 16.2. The molecule has 2 amide bonds. The Morgan fingerprint density at radius 1 is 1.61 bits per heavy atom. The standard InChI is InChI=1S/C15H21N5O2S/c1-3-11(13-5-4-8-23-13)17-15(21)20-6-7-22-12(9-20)14-18-16-10-19(14)2/h4-5,8,10-12H,3,6-7,9H2,1-2H3,(H,17,21)/t11-,12-/m1/s1. The number of hydrogen-bond acceptors (Lipinski definition) is 5. The van der Waals surface area contributed by atoms with Crippen molar-refractivity contribution < 1.29 is 9.53 Å². The van der Waals surface area contributed by atoms with E-state index < -0.39 is 0 Å². The van der Waals surface area contributed by atoms with Crippen LogP contribution in [0.3, 0.4) is 0 Å². The molecular formula is C15H21N5O2S. The average molecular weight is 335 g/mol. The van der Waals surface area contributed by atoms with Gasteiger partial charge in [-0.15, -0.1) is 21.5 Å². The molecule has 3 heterocycles. The first kappa shape index (κ1) is 15.9. The molecule has 2 atom stereocenters. The summed E-state index contributed by atoms with van der Waals surface area (Å²) >= 11 is 1.67. The molecule has 8 heteroatoms. The fourth-order valence-corrected chi connectivity index (χ4v) is 3.54. The number of aromatic nitrogens is 3. The van der Waals surface area contributed by atoms with Gasteiger partial charge in [0.05, 0.1) is 19.2 Å². The van der Waals surface area contributed by atoms with Gasteiger partial charge in [0.25, 0.3) is 0 Å². The van der Waals surface area contributed by atoms with E-state index in [9.17, 15) is 4.79 Å². The van der Waals surface area contributed by atoms with E-state index in [1.165, 1.54) is 4.88 Å². The summed E-state index contributed by atoms with van der Waals surface area (Å²) in [7, 11) is 1.88.